The highest BCUT2D eigenvalue weighted by atomic mass is 16.5. The van der Waals surface area contributed by atoms with Crippen LogP contribution in [0.15, 0.2) is 109 Å². The molecule has 3 atom stereocenters. The second kappa shape index (κ2) is 44.6. The maximum absolute atomic E-state index is 13.1. The van der Waals surface area contributed by atoms with Gasteiger partial charge in [0.1, 0.15) is 6.10 Å². The molecular formula is C52H85NO5. The van der Waals surface area contributed by atoms with E-state index in [1.54, 1.807) is 0 Å². The van der Waals surface area contributed by atoms with E-state index in [0.717, 1.165) is 70.6 Å². The largest absolute Gasteiger partial charge is 0.462 e. The number of ether oxygens (including phenoxy) is 1. The van der Waals surface area contributed by atoms with Crippen molar-refractivity contribution < 1.29 is 24.5 Å². The van der Waals surface area contributed by atoms with Crippen molar-refractivity contribution in [1.29, 1.82) is 0 Å². The van der Waals surface area contributed by atoms with Crippen LogP contribution in [-0.2, 0) is 14.3 Å². The molecule has 0 heterocycles. The maximum atomic E-state index is 13.1. The number of esters is 1. The number of unbranched alkanes of at least 4 members (excludes halogenated alkanes) is 12. The summed E-state index contributed by atoms with van der Waals surface area (Å²) >= 11 is 0. The predicted molar refractivity (Wildman–Crippen MR) is 250 cm³/mol. The van der Waals surface area contributed by atoms with E-state index in [9.17, 15) is 19.8 Å². The highest BCUT2D eigenvalue weighted by Crippen LogP contribution is 2.16. The molecule has 6 nitrogen and oxygen atoms in total. The Labute approximate surface area is 356 Å². The molecule has 3 unspecified atom stereocenters. The van der Waals surface area contributed by atoms with Crippen LogP contribution in [0, 0.1) is 0 Å². The minimum Gasteiger partial charge on any atom is -0.462 e. The van der Waals surface area contributed by atoms with Gasteiger partial charge in [-0.2, -0.15) is 0 Å². The number of hydrogen-bond donors (Lipinski definition) is 3. The van der Waals surface area contributed by atoms with Crippen LogP contribution in [0.2, 0.25) is 0 Å². The molecule has 6 heteroatoms. The molecule has 0 aliphatic carbocycles. The first-order valence-corrected chi connectivity index (χ1v) is 23.2. The van der Waals surface area contributed by atoms with Crippen LogP contribution in [0.1, 0.15) is 181 Å². The Balaban J connectivity index is 4.79. The van der Waals surface area contributed by atoms with Gasteiger partial charge in [-0.05, 0) is 70.6 Å². The van der Waals surface area contributed by atoms with Crippen LogP contribution in [-0.4, -0.2) is 46.9 Å². The monoisotopic (exact) mass is 804 g/mol. The van der Waals surface area contributed by atoms with E-state index in [1.165, 1.54) is 57.8 Å². The van der Waals surface area contributed by atoms with Crippen molar-refractivity contribution in [3.63, 3.8) is 0 Å². The molecule has 0 bridgehead atoms. The van der Waals surface area contributed by atoms with E-state index >= 15 is 0 Å². The Kier molecular flexibility index (Phi) is 41.9. The summed E-state index contributed by atoms with van der Waals surface area (Å²) < 4.78 is 5.82. The molecule has 0 spiro atoms. The molecule has 0 aliphatic rings. The number of nitrogens with one attached hydrogen (secondary N) is 1. The first-order valence-electron chi connectivity index (χ1n) is 23.2. The van der Waals surface area contributed by atoms with Crippen molar-refractivity contribution in [2.24, 2.45) is 0 Å². The highest BCUT2D eigenvalue weighted by molar-refractivity contribution is 5.77. The van der Waals surface area contributed by atoms with E-state index < -0.39 is 18.2 Å². The molecule has 1 amide bonds. The second-order valence-corrected chi connectivity index (χ2v) is 15.1. The zero-order valence-corrected chi connectivity index (χ0v) is 37.1. The summed E-state index contributed by atoms with van der Waals surface area (Å²) in [6.07, 6.45) is 60.2. The Hall–Kier alpha value is -3.48. The van der Waals surface area contributed by atoms with Crippen molar-refractivity contribution in [2.75, 3.05) is 6.61 Å². The number of rotatable bonds is 39. The smallest absolute Gasteiger partial charge is 0.306 e. The quantitative estimate of drug-likeness (QED) is 0.0249. The lowest BCUT2D eigenvalue weighted by atomic mass is 10.0. The summed E-state index contributed by atoms with van der Waals surface area (Å²) in [5.74, 6) is -0.655. The number of aliphatic hydroxyl groups excluding tert-OH is 2. The molecule has 0 aliphatic heterocycles. The fraction of sp³-hybridized carbons (Fsp3) is 0.615. The Morgan fingerprint density at radius 2 is 1.02 bits per heavy atom. The molecule has 0 fully saturated rings. The molecule has 0 aromatic rings. The van der Waals surface area contributed by atoms with Gasteiger partial charge < -0.3 is 20.3 Å². The number of carbonyl (C=O) groups is 2. The van der Waals surface area contributed by atoms with Crippen molar-refractivity contribution >= 4 is 11.9 Å². The first kappa shape index (κ1) is 54.5. The average molecular weight is 804 g/mol. The summed E-state index contributed by atoms with van der Waals surface area (Å²) in [5, 5.41) is 23.6. The zero-order chi connectivity index (χ0) is 42.4. The van der Waals surface area contributed by atoms with Crippen LogP contribution < -0.4 is 5.32 Å². The minimum absolute atomic E-state index is 0.00504. The van der Waals surface area contributed by atoms with Crippen molar-refractivity contribution in [3.8, 4) is 0 Å². The number of hydrogen-bond acceptors (Lipinski definition) is 5. The summed E-state index contributed by atoms with van der Waals surface area (Å²) in [6, 6.07) is -0.742. The molecule has 328 valence electrons. The van der Waals surface area contributed by atoms with Gasteiger partial charge in [0.15, 0.2) is 0 Å². The third kappa shape index (κ3) is 39.4. The van der Waals surface area contributed by atoms with Crippen molar-refractivity contribution in [2.45, 2.75) is 200 Å². The second-order valence-electron chi connectivity index (χ2n) is 15.1. The van der Waals surface area contributed by atoms with Gasteiger partial charge in [0.05, 0.1) is 25.2 Å². The number of carbonyl (C=O) groups excluding carboxylic acids is 2. The Morgan fingerprint density at radius 1 is 0.534 bits per heavy atom. The fourth-order valence-electron chi connectivity index (χ4n) is 6.26. The van der Waals surface area contributed by atoms with Crippen LogP contribution >= 0.6 is 0 Å². The molecule has 3 N–H and O–H groups in total. The molecular weight excluding hydrogens is 719 g/mol. The van der Waals surface area contributed by atoms with Gasteiger partial charge in [-0.15, -0.1) is 0 Å². The van der Waals surface area contributed by atoms with Gasteiger partial charge >= 0.3 is 5.97 Å². The van der Waals surface area contributed by atoms with Gasteiger partial charge in [-0.1, -0.05) is 207 Å². The lowest BCUT2D eigenvalue weighted by Gasteiger charge is -2.24. The first-order chi connectivity index (χ1) is 28.5. The van der Waals surface area contributed by atoms with Crippen LogP contribution in [0.4, 0.5) is 0 Å². The van der Waals surface area contributed by atoms with E-state index in [2.05, 4.69) is 92.9 Å². The molecule has 0 saturated heterocycles. The minimum atomic E-state index is -0.822. The maximum Gasteiger partial charge on any atom is 0.306 e. The SMILES string of the molecule is CC/C=C/C=C/C=C\C=C/CCCC(CC(=O)NC(CO)C(O)CCCCCCCCCCCCCC)OC(=O)CC/C=C/C/C=C/C/C=C/C/C=C/C/C=C/CC. The average Bonchev–Trinajstić information content (AvgIpc) is 3.22. The molecule has 0 aromatic carbocycles. The highest BCUT2D eigenvalue weighted by Gasteiger charge is 2.23. The van der Waals surface area contributed by atoms with Crippen molar-refractivity contribution in [1.82, 2.24) is 5.32 Å². The molecule has 0 radical (unpaired) electrons. The lowest BCUT2D eigenvalue weighted by molar-refractivity contribution is -0.150. The van der Waals surface area contributed by atoms with E-state index in [-0.39, 0.29) is 31.3 Å². The van der Waals surface area contributed by atoms with Crippen molar-refractivity contribution in [3.05, 3.63) is 109 Å². The normalized spacial score (nSPS) is 14.4. The molecule has 0 rings (SSSR count). The zero-order valence-electron chi connectivity index (χ0n) is 37.1. The summed E-state index contributed by atoms with van der Waals surface area (Å²) in [6.45, 7) is 6.16. The third-order valence-electron chi connectivity index (χ3n) is 9.71. The van der Waals surface area contributed by atoms with Gasteiger partial charge in [0.2, 0.25) is 5.91 Å². The Bertz CT molecular complexity index is 1220. The van der Waals surface area contributed by atoms with Gasteiger partial charge in [-0.3, -0.25) is 9.59 Å². The van der Waals surface area contributed by atoms with Gasteiger partial charge in [0, 0.05) is 6.42 Å². The molecule has 0 saturated carbocycles. The standard InChI is InChI=1S/C52H85NO5/c1-4-7-10-13-16-19-22-24-25-26-27-30-33-36-39-42-45-52(57)58-48(43-40-37-34-31-28-21-18-15-12-9-6-3)46-51(56)53-49(47-54)50(55)44-41-38-35-32-29-23-20-17-14-11-8-5-2/h7,9-10,12,15-16,18-19,21,24-25,27-28,30-31,34,36,39,48-50,54-55H,4-6,8,11,13-14,17,20,22-23,26,29,32-33,35,37-38,40-47H2,1-3H3,(H,53,56)/b10-7+,12-9+,18-15+,19-16+,25-24+,28-21-,30-27+,34-31-,39-36+. The summed E-state index contributed by atoms with van der Waals surface area (Å²) in [7, 11) is 0. The predicted octanol–water partition coefficient (Wildman–Crippen LogP) is 13.6. The van der Waals surface area contributed by atoms with Crippen LogP contribution in [0.25, 0.3) is 0 Å². The number of aliphatic hydroxyl groups is 2. The van der Waals surface area contributed by atoms with Crippen LogP contribution in [0.3, 0.4) is 0 Å². The Morgan fingerprint density at radius 3 is 1.55 bits per heavy atom. The topological polar surface area (TPSA) is 95.9 Å². The van der Waals surface area contributed by atoms with E-state index in [1.807, 2.05) is 42.5 Å². The molecule has 0 aromatic heterocycles. The summed E-state index contributed by atoms with van der Waals surface area (Å²) in [5.41, 5.74) is 0. The molecule has 58 heavy (non-hydrogen) atoms. The fourth-order valence-corrected chi connectivity index (χ4v) is 6.26. The summed E-state index contributed by atoms with van der Waals surface area (Å²) in [4.78, 5) is 25.9. The van der Waals surface area contributed by atoms with Crippen LogP contribution in [0.5, 0.6) is 0 Å². The number of amides is 1. The van der Waals surface area contributed by atoms with E-state index in [4.69, 9.17) is 4.74 Å². The third-order valence-corrected chi connectivity index (χ3v) is 9.71. The van der Waals surface area contributed by atoms with Gasteiger partial charge in [-0.25, -0.2) is 0 Å². The number of allylic oxidation sites excluding steroid dienone is 18. The lowest BCUT2D eigenvalue weighted by Crippen LogP contribution is -2.46. The van der Waals surface area contributed by atoms with Gasteiger partial charge in [0.25, 0.3) is 0 Å². The van der Waals surface area contributed by atoms with E-state index in [0.29, 0.717) is 19.3 Å².